The fraction of sp³-hybridized carbons (Fsp3) is 0.294. The predicted molar refractivity (Wildman–Crippen MR) is 160 cm³/mol. The van der Waals surface area contributed by atoms with Crippen molar-refractivity contribution in [1.82, 2.24) is 0 Å². The Kier molecular flexibility index (Phi) is 9.12. The van der Waals surface area contributed by atoms with Gasteiger partial charge in [0.25, 0.3) is 0 Å². The van der Waals surface area contributed by atoms with Gasteiger partial charge in [0.05, 0.1) is 35.5 Å². The van der Waals surface area contributed by atoms with E-state index in [0.29, 0.717) is 28.7 Å². The highest BCUT2D eigenvalue weighted by Crippen LogP contribution is 2.45. The first-order valence-corrected chi connectivity index (χ1v) is 13.7. The maximum atomic E-state index is 6.46. The van der Waals surface area contributed by atoms with Crippen LogP contribution in [0.4, 0.5) is 0 Å². The van der Waals surface area contributed by atoms with Crippen LogP contribution in [-0.2, 0) is 25.7 Å². The fourth-order valence-corrected chi connectivity index (χ4v) is 4.99. The lowest BCUT2D eigenvalue weighted by Gasteiger charge is -2.19. The molecule has 0 atom stereocenters. The summed E-state index contributed by atoms with van der Waals surface area (Å²) in [6, 6.07) is 21.8. The molecular weight excluding hydrogens is 536 g/mol. The molecular formula is C34H36O8. The molecule has 0 spiro atoms. The number of methoxy groups -OCH3 is 5. The molecule has 220 valence electrons. The van der Waals surface area contributed by atoms with Crippen LogP contribution in [0.25, 0.3) is 0 Å². The third-order valence-electron chi connectivity index (χ3n) is 7.26. The molecule has 0 aliphatic carbocycles. The second-order valence-corrected chi connectivity index (χ2v) is 9.79. The minimum absolute atomic E-state index is 0.261. The van der Waals surface area contributed by atoms with Gasteiger partial charge in [0.2, 0.25) is 12.5 Å². The Labute approximate surface area is 246 Å². The van der Waals surface area contributed by atoms with Crippen LogP contribution in [0.15, 0.2) is 66.7 Å². The molecule has 0 amide bonds. The van der Waals surface area contributed by atoms with Gasteiger partial charge in [0.15, 0.2) is 34.5 Å². The van der Waals surface area contributed by atoms with E-state index in [4.69, 9.17) is 37.9 Å². The zero-order valence-electron chi connectivity index (χ0n) is 24.7. The Morgan fingerprint density at radius 1 is 0.524 bits per heavy atom. The summed E-state index contributed by atoms with van der Waals surface area (Å²) in [6.07, 6.45) is 3.10. The summed E-state index contributed by atoms with van der Waals surface area (Å²) in [5.41, 5.74) is 4.35. The van der Waals surface area contributed by atoms with Crippen LogP contribution >= 0.6 is 0 Å². The van der Waals surface area contributed by atoms with Gasteiger partial charge < -0.3 is 37.9 Å². The molecule has 42 heavy (non-hydrogen) atoms. The highest BCUT2D eigenvalue weighted by molar-refractivity contribution is 5.59. The Morgan fingerprint density at radius 2 is 1.19 bits per heavy atom. The van der Waals surface area contributed by atoms with Gasteiger partial charge in [-0.05, 0) is 90.4 Å². The van der Waals surface area contributed by atoms with Gasteiger partial charge in [0, 0.05) is 6.07 Å². The van der Waals surface area contributed by atoms with E-state index in [2.05, 4.69) is 12.1 Å². The lowest BCUT2D eigenvalue weighted by atomic mass is 10.0. The van der Waals surface area contributed by atoms with Gasteiger partial charge in [-0.1, -0.05) is 18.2 Å². The number of hydrogen-bond acceptors (Lipinski definition) is 8. The van der Waals surface area contributed by atoms with Crippen molar-refractivity contribution in [2.24, 2.45) is 0 Å². The smallest absolute Gasteiger partial charge is 0.231 e. The summed E-state index contributed by atoms with van der Waals surface area (Å²) in [4.78, 5) is 0. The van der Waals surface area contributed by atoms with Crippen molar-refractivity contribution in [1.29, 1.82) is 0 Å². The Hall–Kier alpha value is -4.72. The quantitative estimate of drug-likeness (QED) is 0.173. The number of aryl methyl sites for hydroxylation is 4. The van der Waals surface area contributed by atoms with Crippen LogP contribution in [-0.4, -0.2) is 42.3 Å². The summed E-state index contributed by atoms with van der Waals surface area (Å²) in [6.45, 7) is 0.261. The Morgan fingerprint density at radius 3 is 1.90 bits per heavy atom. The van der Waals surface area contributed by atoms with E-state index < -0.39 is 0 Å². The largest absolute Gasteiger partial charge is 0.497 e. The minimum Gasteiger partial charge on any atom is -0.497 e. The normalized spacial score (nSPS) is 11.6. The van der Waals surface area contributed by atoms with E-state index in [1.165, 1.54) is 0 Å². The van der Waals surface area contributed by atoms with E-state index in [0.717, 1.165) is 70.9 Å². The number of fused-ring (bicyclic) bond motifs is 1. The summed E-state index contributed by atoms with van der Waals surface area (Å²) in [5, 5.41) is 0. The summed E-state index contributed by atoms with van der Waals surface area (Å²) in [7, 11) is 8.16. The number of rotatable bonds is 13. The van der Waals surface area contributed by atoms with Crippen LogP contribution in [0.1, 0.15) is 22.3 Å². The topological polar surface area (TPSA) is 73.8 Å². The van der Waals surface area contributed by atoms with E-state index in [9.17, 15) is 0 Å². The molecule has 1 aliphatic heterocycles. The van der Waals surface area contributed by atoms with E-state index >= 15 is 0 Å². The van der Waals surface area contributed by atoms with Gasteiger partial charge in [-0.25, -0.2) is 0 Å². The maximum absolute atomic E-state index is 6.46. The van der Waals surface area contributed by atoms with Crippen LogP contribution in [0, 0.1) is 0 Å². The third-order valence-corrected chi connectivity index (χ3v) is 7.26. The van der Waals surface area contributed by atoms with Crippen molar-refractivity contribution in [2.75, 3.05) is 42.3 Å². The first kappa shape index (κ1) is 28.8. The van der Waals surface area contributed by atoms with Gasteiger partial charge >= 0.3 is 0 Å². The molecule has 0 fully saturated rings. The molecule has 1 aliphatic rings. The average molecular weight is 573 g/mol. The van der Waals surface area contributed by atoms with Crippen molar-refractivity contribution in [3.8, 4) is 51.7 Å². The molecule has 0 saturated carbocycles. The van der Waals surface area contributed by atoms with Crippen molar-refractivity contribution in [3.05, 3.63) is 89.0 Å². The van der Waals surface area contributed by atoms with Gasteiger partial charge in [0.1, 0.15) is 11.5 Å². The minimum atomic E-state index is 0.261. The molecule has 4 aromatic rings. The van der Waals surface area contributed by atoms with Crippen LogP contribution in [0.3, 0.4) is 0 Å². The molecule has 0 N–H and O–H groups in total. The van der Waals surface area contributed by atoms with Crippen LogP contribution in [0.2, 0.25) is 0 Å². The van der Waals surface area contributed by atoms with Gasteiger partial charge in [-0.2, -0.15) is 0 Å². The highest BCUT2D eigenvalue weighted by atomic mass is 16.7. The second kappa shape index (κ2) is 13.3. The van der Waals surface area contributed by atoms with Crippen molar-refractivity contribution < 1.29 is 37.9 Å². The first-order valence-electron chi connectivity index (χ1n) is 13.7. The molecule has 0 bridgehead atoms. The lowest BCUT2D eigenvalue weighted by molar-refractivity contribution is 0.174. The predicted octanol–water partition coefficient (Wildman–Crippen LogP) is 6.82. The molecule has 0 saturated heterocycles. The fourth-order valence-electron chi connectivity index (χ4n) is 4.99. The number of ether oxygens (including phenoxy) is 8. The average Bonchev–Trinajstić information content (AvgIpc) is 3.51. The van der Waals surface area contributed by atoms with E-state index in [-0.39, 0.29) is 6.79 Å². The molecule has 0 aromatic heterocycles. The Balaban J connectivity index is 1.39. The molecule has 8 heteroatoms. The maximum Gasteiger partial charge on any atom is 0.231 e. The zero-order valence-corrected chi connectivity index (χ0v) is 24.7. The highest BCUT2D eigenvalue weighted by Gasteiger charge is 2.20. The van der Waals surface area contributed by atoms with Crippen molar-refractivity contribution in [2.45, 2.75) is 25.7 Å². The summed E-state index contributed by atoms with van der Waals surface area (Å²) < 4.78 is 45.7. The molecule has 0 radical (unpaired) electrons. The molecule has 4 aromatic carbocycles. The monoisotopic (exact) mass is 572 g/mol. The first-order chi connectivity index (χ1) is 20.5. The molecule has 0 unspecified atom stereocenters. The SMILES string of the molecule is COc1cccc(CCc2cc(Oc3c(OC)cc(CCc4ccc5c(c4)OCO5)cc3OC)c(OC)cc2OC)c1. The molecule has 8 nitrogen and oxygen atoms in total. The van der Waals surface area contributed by atoms with Gasteiger partial charge in [-0.15, -0.1) is 0 Å². The summed E-state index contributed by atoms with van der Waals surface area (Å²) in [5.74, 6) is 5.77. The van der Waals surface area contributed by atoms with Crippen molar-refractivity contribution in [3.63, 3.8) is 0 Å². The molecule has 1 heterocycles. The van der Waals surface area contributed by atoms with Gasteiger partial charge in [-0.3, -0.25) is 0 Å². The standard InChI is InChI=1S/C34H36O8/c1-35-26-8-6-7-22(15-26)11-13-25-19-31(29(37-3)20-28(25)36-2)42-34-32(38-4)17-24(18-33(34)39-5)10-9-23-12-14-27-30(16-23)41-21-40-27/h6-8,12,14-20H,9-11,13,21H2,1-5H3. The van der Waals surface area contributed by atoms with Crippen LogP contribution in [0.5, 0.6) is 51.7 Å². The van der Waals surface area contributed by atoms with Crippen molar-refractivity contribution >= 4 is 0 Å². The van der Waals surface area contributed by atoms with E-state index in [1.807, 2.05) is 54.6 Å². The van der Waals surface area contributed by atoms with Crippen LogP contribution < -0.4 is 37.9 Å². The third kappa shape index (κ3) is 6.43. The Bertz CT molecular complexity index is 1510. The van der Waals surface area contributed by atoms with E-state index in [1.54, 1.807) is 35.5 Å². The second-order valence-electron chi connectivity index (χ2n) is 9.79. The zero-order chi connectivity index (χ0) is 29.5. The molecule has 5 rings (SSSR count). The number of benzene rings is 4. The lowest BCUT2D eigenvalue weighted by Crippen LogP contribution is -2.01. The number of hydrogen-bond donors (Lipinski definition) is 0. The summed E-state index contributed by atoms with van der Waals surface area (Å²) >= 11 is 0.